The predicted octanol–water partition coefficient (Wildman–Crippen LogP) is 2.70. The Hall–Kier alpha value is -1.95. The molecular weight excluding hydrogens is 306 g/mol. The van der Waals surface area contributed by atoms with Crippen molar-refractivity contribution >= 4 is 32.5 Å². The Morgan fingerprint density at radius 3 is 3.05 bits per heavy atom. The molecule has 3 aromatic rings. The Balaban J connectivity index is 1.71. The summed E-state index contributed by atoms with van der Waals surface area (Å²) in [5, 5.41) is 8.59. The minimum Gasteiger partial charge on any atom is -0.380 e. The molecule has 3 aromatic heterocycles. The lowest BCUT2D eigenvalue weighted by Crippen LogP contribution is -2.11. The van der Waals surface area contributed by atoms with Crippen molar-refractivity contribution in [3.05, 3.63) is 47.6 Å². The molecule has 3 heterocycles. The molecule has 3 rings (SSSR count). The third-order valence-corrected chi connectivity index (χ3v) is 3.18. The zero-order valence-electron chi connectivity index (χ0n) is 10.1. The molecule has 96 valence electrons. The van der Waals surface area contributed by atoms with Crippen molar-refractivity contribution in [2.24, 2.45) is 0 Å². The highest BCUT2D eigenvalue weighted by Crippen LogP contribution is 2.18. The van der Waals surface area contributed by atoms with Gasteiger partial charge in [-0.1, -0.05) is 0 Å². The van der Waals surface area contributed by atoms with E-state index in [0.717, 1.165) is 34.2 Å². The maximum absolute atomic E-state index is 4.38. The summed E-state index contributed by atoms with van der Waals surface area (Å²) >= 11 is 3.38. The number of nitrogens with one attached hydrogen (secondary N) is 1. The van der Waals surface area contributed by atoms with Gasteiger partial charge in [-0.2, -0.15) is 5.10 Å². The van der Waals surface area contributed by atoms with Crippen LogP contribution in [-0.4, -0.2) is 26.3 Å². The summed E-state index contributed by atoms with van der Waals surface area (Å²) in [7, 11) is 0. The highest BCUT2D eigenvalue weighted by molar-refractivity contribution is 9.10. The number of aromatic nitrogens is 4. The highest BCUT2D eigenvalue weighted by atomic mass is 79.9. The van der Waals surface area contributed by atoms with E-state index in [-0.39, 0.29) is 0 Å². The number of pyridine rings is 2. The minimum atomic E-state index is 0.769. The van der Waals surface area contributed by atoms with Crippen molar-refractivity contribution in [2.75, 3.05) is 11.9 Å². The van der Waals surface area contributed by atoms with Crippen molar-refractivity contribution in [3.8, 4) is 0 Å². The Morgan fingerprint density at radius 1 is 1.26 bits per heavy atom. The second kappa shape index (κ2) is 5.36. The predicted molar refractivity (Wildman–Crippen MR) is 78.0 cm³/mol. The molecule has 0 aliphatic heterocycles. The number of anilines is 1. The molecule has 1 N–H and O–H groups in total. The minimum absolute atomic E-state index is 0.769. The van der Waals surface area contributed by atoms with Crippen LogP contribution < -0.4 is 5.32 Å². The fourth-order valence-corrected chi connectivity index (χ4v) is 2.22. The van der Waals surface area contributed by atoms with Crippen LogP contribution in [0, 0.1) is 0 Å². The number of hydrogen-bond donors (Lipinski definition) is 1. The first kappa shape index (κ1) is 12.1. The van der Waals surface area contributed by atoms with Crippen LogP contribution >= 0.6 is 15.9 Å². The number of fused-ring (bicyclic) bond motifs is 1. The van der Waals surface area contributed by atoms with Gasteiger partial charge in [0.15, 0.2) is 0 Å². The SMILES string of the molecule is Brc1cnn(CCNc2cncc3cccnc23)c1. The molecule has 0 amide bonds. The van der Waals surface area contributed by atoms with Crippen molar-refractivity contribution in [1.29, 1.82) is 0 Å². The van der Waals surface area contributed by atoms with Crippen LogP contribution in [-0.2, 0) is 6.54 Å². The Bertz CT molecular complexity index is 689. The Labute approximate surface area is 118 Å². The fourth-order valence-electron chi connectivity index (χ4n) is 1.90. The lowest BCUT2D eigenvalue weighted by molar-refractivity contribution is 0.637. The lowest BCUT2D eigenvalue weighted by Gasteiger charge is -2.08. The number of rotatable bonds is 4. The van der Waals surface area contributed by atoms with Crippen molar-refractivity contribution in [2.45, 2.75) is 6.54 Å². The molecule has 0 aliphatic carbocycles. The molecule has 6 heteroatoms. The summed E-state index contributed by atoms with van der Waals surface area (Å²) in [4.78, 5) is 8.59. The zero-order chi connectivity index (χ0) is 13.1. The van der Waals surface area contributed by atoms with Crippen molar-refractivity contribution in [3.63, 3.8) is 0 Å². The summed E-state index contributed by atoms with van der Waals surface area (Å²) in [6.07, 6.45) is 9.13. The highest BCUT2D eigenvalue weighted by Gasteiger charge is 2.02. The molecular formula is C13H12BrN5. The quantitative estimate of drug-likeness (QED) is 0.803. The normalized spacial score (nSPS) is 10.8. The van der Waals surface area contributed by atoms with Gasteiger partial charge >= 0.3 is 0 Å². The zero-order valence-corrected chi connectivity index (χ0v) is 11.7. The van der Waals surface area contributed by atoms with Crippen LogP contribution in [0.4, 0.5) is 5.69 Å². The van der Waals surface area contributed by atoms with Crippen LogP contribution in [0.1, 0.15) is 0 Å². The lowest BCUT2D eigenvalue weighted by atomic mass is 10.2. The first-order valence-electron chi connectivity index (χ1n) is 5.93. The maximum atomic E-state index is 4.38. The second-order valence-corrected chi connectivity index (χ2v) is 5.03. The molecule has 19 heavy (non-hydrogen) atoms. The number of nitrogens with zero attached hydrogens (tertiary/aromatic N) is 4. The van der Waals surface area contributed by atoms with Crippen LogP contribution in [0.15, 0.2) is 47.6 Å². The van der Waals surface area contributed by atoms with Gasteiger partial charge in [0.05, 0.1) is 34.6 Å². The Morgan fingerprint density at radius 2 is 2.21 bits per heavy atom. The van der Waals surface area contributed by atoms with E-state index in [9.17, 15) is 0 Å². The van der Waals surface area contributed by atoms with Crippen LogP contribution in [0.2, 0.25) is 0 Å². The van der Waals surface area contributed by atoms with Gasteiger partial charge in [-0.3, -0.25) is 14.6 Å². The summed E-state index contributed by atoms with van der Waals surface area (Å²) in [6.45, 7) is 1.56. The average molecular weight is 318 g/mol. The topological polar surface area (TPSA) is 55.6 Å². The fraction of sp³-hybridized carbons (Fsp3) is 0.154. The van der Waals surface area contributed by atoms with Gasteiger partial charge in [-0.25, -0.2) is 0 Å². The van der Waals surface area contributed by atoms with Crippen LogP contribution in [0.5, 0.6) is 0 Å². The van der Waals surface area contributed by atoms with E-state index in [1.165, 1.54) is 0 Å². The van der Waals surface area contributed by atoms with Gasteiger partial charge in [0.2, 0.25) is 0 Å². The first-order chi connectivity index (χ1) is 9.33. The summed E-state index contributed by atoms with van der Waals surface area (Å²) in [5.41, 5.74) is 1.89. The largest absolute Gasteiger partial charge is 0.380 e. The molecule has 0 aliphatic rings. The van der Waals surface area contributed by atoms with Gasteiger partial charge in [0.1, 0.15) is 0 Å². The van der Waals surface area contributed by atoms with E-state index >= 15 is 0 Å². The van der Waals surface area contributed by atoms with Gasteiger partial charge in [0, 0.05) is 30.5 Å². The molecule has 0 spiro atoms. The molecule has 0 radical (unpaired) electrons. The monoisotopic (exact) mass is 317 g/mol. The molecule has 0 fully saturated rings. The van der Waals surface area contributed by atoms with Crippen molar-refractivity contribution in [1.82, 2.24) is 19.7 Å². The summed E-state index contributed by atoms with van der Waals surface area (Å²) in [5.74, 6) is 0. The van der Waals surface area contributed by atoms with Crippen LogP contribution in [0.25, 0.3) is 10.9 Å². The molecule has 0 unspecified atom stereocenters. The molecule has 0 atom stereocenters. The summed E-state index contributed by atoms with van der Waals surface area (Å²) in [6, 6.07) is 3.92. The Kier molecular flexibility index (Phi) is 3.41. The molecule has 0 bridgehead atoms. The molecule has 0 aromatic carbocycles. The first-order valence-corrected chi connectivity index (χ1v) is 6.73. The number of hydrogen-bond acceptors (Lipinski definition) is 4. The van der Waals surface area contributed by atoms with Crippen LogP contribution in [0.3, 0.4) is 0 Å². The molecule has 5 nitrogen and oxygen atoms in total. The standard InChI is InChI=1S/C13H12BrN5/c14-11-7-18-19(9-11)5-4-16-12-8-15-6-10-2-1-3-17-13(10)12/h1-3,6-9,16H,4-5H2. The third kappa shape index (κ3) is 2.73. The van der Waals surface area contributed by atoms with E-state index in [0.29, 0.717) is 0 Å². The van der Waals surface area contributed by atoms with Gasteiger partial charge < -0.3 is 5.32 Å². The van der Waals surface area contributed by atoms with E-state index in [4.69, 9.17) is 0 Å². The maximum Gasteiger partial charge on any atom is 0.0964 e. The number of halogens is 1. The third-order valence-electron chi connectivity index (χ3n) is 2.77. The second-order valence-electron chi connectivity index (χ2n) is 4.11. The van der Waals surface area contributed by atoms with Gasteiger partial charge in [0.25, 0.3) is 0 Å². The molecule has 0 saturated heterocycles. The van der Waals surface area contributed by atoms with Gasteiger partial charge in [-0.15, -0.1) is 0 Å². The van der Waals surface area contributed by atoms with Gasteiger partial charge in [-0.05, 0) is 28.1 Å². The smallest absolute Gasteiger partial charge is 0.0964 e. The van der Waals surface area contributed by atoms with E-state index in [2.05, 4.69) is 36.3 Å². The van der Waals surface area contributed by atoms with E-state index < -0.39 is 0 Å². The van der Waals surface area contributed by atoms with E-state index in [1.807, 2.05) is 29.2 Å². The molecule has 0 saturated carbocycles. The van der Waals surface area contributed by atoms with Crippen molar-refractivity contribution < 1.29 is 0 Å². The van der Waals surface area contributed by atoms with E-state index in [1.54, 1.807) is 18.6 Å². The summed E-state index contributed by atoms with van der Waals surface area (Å²) < 4.78 is 2.87. The average Bonchev–Trinajstić information content (AvgIpc) is 2.85.